The molecule has 0 atom stereocenters. The molecule has 0 radical (unpaired) electrons. The Morgan fingerprint density at radius 3 is 0.936 bits per heavy atom. The van der Waals surface area contributed by atoms with Crippen molar-refractivity contribution in [1.29, 1.82) is 0 Å². The fraction of sp³-hybridized carbons (Fsp3) is 0.288. The molecule has 730 valence electrons. The van der Waals surface area contributed by atoms with E-state index in [1.165, 1.54) is 99.4 Å². The molecule has 19 rings (SSSR count). The van der Waals surface area contributed by atoms with E-state index in [0.29, 0.717) is 60.4 Å². The quantitative estimate of drug-likeness (QED) is 0.0491. The molecule has 0 saturated carbocycles. The molecule has 0 N–H and O–H groups in total. The van der Waals surface area contributed by atoms with E-state index in [9.17, 15) is 0 Å². The molecule has 0 saturated heterocycles. The molecule has 0 aliphatic carbocycles. The molecule has 0 aliphatic heterocycles. The molecule has 0 fully saturated rings. The van der Waals surface area contributed by atoms with Crippen LogP contribution in [0.2, 0.25) is 0 Å². The van der Waals surface area contributed by atoms with Gasteiger partial charge in [0.05, 0.1) is 0 Å². The SMILES string of the molecule is CC(C)[N-]C([N-]C(C)C)N(C(C)C)C(C)C.CC(C)[N-]C([N-]C(C)C)c1ccccc1.CC(C)[N-]C([N-]C(C)C)c1ccccc1.CC(C)[N-]C([N-]C(C)C)c1ccccc1.[Ir+3].[Ir+3].[Ir+3].[Ir+3].[c-]1c(-c2nccc3sccc23)sc2ccccc12.[c-]1cc2ccccc2cc1-c1nccc2sccc12.[c-]1ccc2ccccc2c1-c1nccc2sccc12.[c-]1ccc2ccccc2c1-c1nccc2sccc12. The third-order valence-electron chi connectivity index (χ3n) is 21.2. The number of aromatic nitrogens is 4. The van der Waals surface area contributed by atoms with E-state index in [2.05, 4.69) is 429 Å². The van der Waals surface area contributed by atoms with Crippen LogP contribution in [0, 0.1) is 24.3 Å². The Morgan fingerprint density at radius 2 is 0.579 bits per heavy atom. The first-order chi connectivity index (χ1) is 65.7. The van der Waals surface area contributed by atoms with Gasteiger partial charge in [-0.1, -0.05) is 344 Å². The molecule has 9 aromatic heterocycles. The van der Waals surface area contributed by atoms with Gasteiger partial charge in [-0.25, -0.2) is 29.8 Å². The first-order valence-electron chi connectivity index (χ1n) is 47.2. The zero-order valence-electron chi connectivity index (χ0n) is 83.4. The monoisotopic (exact) mass is 2660 g/mol. The van der Waals surface area contributed by atoms with E-state index < -0.39 is 0 Å². The van der Waals surface area contributed by atoms with Gasteiger partial charge in [-0.15, -0.1) is 205 Å². The van der Waals surface area contributed by atoms with Crippen LogP contribution in [-0.4, -0.2) is 91.5 Å². The van der Waals surface area contributed by atoms with Crippen LogP contribution in [0.4, 0.5) is 0 Å². The largest absolute Gasteiger partial charge is 3.00 e. The minimum atomic E-state index is -0.00815. The molecule has 9 heterocycles. The van der Waals surface area contributed by atoms with E-state index in [4.69, 9.17) is 10.6 Å². The second-order valence-electron chi connectivity index (χ2n) is 35.7. The first kappa shape index (κ1) is 117. The third kappa shape index (κ3) is 34.7. The van der Waals surface area contributed by atoms with Gasteiger partial charge in [-0.2, -0.15) is 6.29 Å². The van der Waals surface area contributed by atoms with Crippen LogP contribution in [0.25, 0.3) is 170 Å². The van der Waals surface area contributed by atoms with E-state index in [0.717, 1.165) is 44.3 Å². The average molecular weight is 2660 g/mol. The second kappa shape index (κ2) is 59.8. The summed E-state index contributed by atoms with van der Waals surface area (Å²) in [5, 5.41) is 58.9. The summed E-state index contributed by atoms with van der Waals surface area (Å²) in [6.07, 6.45) is 7.49. The Balaban J connectivity index is 0.000000196. The Labute approximate surface area is 906 Å². The van der Waals surface area contributed by atoms with Crippen molar-refractivity contribution in [3.05, 3.63) is 403 Å². The number of nitrogens with zero attached hydrogens (tertiary/aromatic N) is 13. The summed E-state index contributed by atoms with van der Waals surface area (Å²) in [5.41, 5.74) is 10.9. The van der Waals surface area contributed by atoms with E-state index in [-0.39, 0.29) is 105 Å². The van der Waals surface area contributed by atoms with Crippen LogP contribution in [0.15, 0.2) is 319 Å². The van der Waals surface area contributed by atoms with Crippen LogP contribution in [0.1, 0.15) is 174 Å². The van der Waals surface area contributed by atoms with Gasteiger partial charge in [0.25, 0.3) is 0 Å². The number of thiophene rings is 5. The van der Waals surface area contributed by atoms with Gasteiger partial charge in [0.1, 0.15) is 0 Å². The van der Waals surface area contributed by atoms with Crippen molar-refractivity contribution in [2.24, 2.45) is 0 Å². The van der Waals surface area contributed by atoms with Gasteiger partial charge in [-0.05, 0) is 122 Å². The van der Waals surface area contributed by atoms with Crippen molar-refractivity contribution in [1.82, 2.24) is 24.8 Å². The molecule has 22 heteroatoms. The Bertz CT molecular complexity index is 6390. The minimum absolute atomic E-state index is 0. The Hall–Kier alpha value is -8.38. The van der Waals surface area contributed by atoms with Crippen molar-refractivity contribution >= 4 is 139 Å². The average Bonchev–Trinajstić information content (AvgIpc) is 1.37. The molecule has 0 unspecified atom stereocenters. The molecule has 0 bridgehead atoms. The van der Waals surface area contributed by atoms with Gasteiger partial charge in [0.15, 0.2) is 0 Å². The zero-order chi connectivity index (χ0) is 96.6. The number of rotatable bonds is 26. The van der Waals surface area contributed by atoms with E-state index in [1.54, 1.807) is 56.7 Å². The molecule has 140 heavy (non-hydrogen) atoms. The number of hydrogen-bond acceptors (Lipinski definition) is 10. The van der Waals surface area contributed by atoms with E-state index in [1.807, 2.05) is 110 Å². The zero-order valence-corrected chi connectivity index (χ0v) is 97.0. The molecule has 10 aromatic carbocycles. The summed E-state index contributed by atoms with van der Waals surface area (Å²) in [6, 6.07) is 110. The van der Waals surface area contributed by atoms with Gasteiger partial charge < -0.3 is 67.4 Å². The summed E-state index contributed by atoms with van der Waals surface area (Å²) < 4.78 is 6.36. The molecule has 0 spiro atoms. The topological polar surface area (TPSA) is 168 Å². The van der Waals surface area contributed by atoms with Crippen molar-refractivity contribution in [2.45, 2.75) is 224 Å². The Kier molecular flexibility index (Phi) is 49.9. The summed E-state index contributed by atoms with van der Waals surface area (Å²) in [4.78, 5) is 21.7. The van der Waals surface area contributed by atoms with Crippen LogP contribution in [-0.2, 0) is 80.4 Å². The fourth-order valence-electron chi connectivity index (χ4n) is 15.4. The maximum absolute atomic E-state index is 4.72. The molecule has 13 nitrogen and oxygen atoms in total. The molecular formula is C118H127Ir4N13S5. The second-order valence-corrected chi connectivity index (χ2v) is 40.5. The van der Waals surface area contributed by atoms with Crippen LogP contribution in [0.3, 0.4) is 0 Å². The van der Waals surface area contributed by atoms with E-state index >= 15 is 0 Å². The summed E-state index contributed by atoms with van der Waals surface area (Å²) >= 11 is 8.75. The maximum atomic E-state index is 4.72. The van der Waals surface area contributed by atoms with Gasteiger partial charge in [0, 0.05) is 61.4 Å². The van der Waals surface area contributed by atoms with Crippen molar-refractivity contribution in [2.75, 3.05) is 0 Å². The molecule has 19 aromatic rings. The predicted octanol–water partition coefficient (Wildman–Crippen LogP) is 36.4. The number of hydrogen-bond donors (Lipinski definition) is 0. The molecular weight excluding hydrogens is 2530 g/mol. The van der Waals surface area contributed by atoms with Crippen molar-refractivity contribution in [3.63, 3.8) is 0 Å². The van der Waals surface area contributed by atoms with Crippen molar-refractivity contribution in [3.8, 4) is 44.3 Å². The van der Waals surface area contributed by atoms with Crippen molar-refractivity contribution < 1.29 is 80.4 Å². The molecule has 0 aliphatic rings. The number of fused-ring (bicyclic) bond motifs is 8. The predicted molar refractivity (Wildman–Crippen MR) is 595 cm³/mol. The summed E-state index contributed by atoms with van der Waals surface area (Å²) in [7, 11) is 0. The summed E-state index contributed by atoms with van der Waals surface area (Å²) in [6.45, 7) is 42.3. The van der Waals surface area contributed by atoms with Gasteiger partial charge >= 0.3 is 80.4 Å². The first-order valence-corrected chi connectivity index (χ1v) is 51.5. The summed E-state index contributed by atoms with van der Waals surface area (Å²) in [5.74, 6) is 0. The number of pyridine rings is 4. The van der Waals surface area contributed by atoms with Crippen LogP contribution in [0.5, 0.6) is 0 Å². The third-order valence-corrected chi connectivity index (χ3v) is 25.8. The van der Waals surface area contributed by atoms with Crippen LogP contribution < -0.4 is 0 Å². The minimum Gasteiger partial charge on any atom is -0.672 e. The molecule has 0 amide bonds. The number of benzene rings is 10. The standard InChI is InChI=1S/3C17H10NS.C15H8NS2.C13H29N3.3C13H20N2.4Ir/c2*1-2-6-13-12(4-1)5-3-7-14(13)17-15-9-11-19-16(15)8-10-18-17;1-2-4-13-11-14(6-5-12(13)3-1)17-15-8-10-19-16(15)7-9-18-17;1-2-4-12-10(3-1)9-14(18-12)15-11-6-8-17-13(11)5-7-16-15;1-9(2)14-13(15-10(3)4)16(11(5)6)12(7)8;3*1-10(2)14-13(15-11(3)4)12-8-6-5-7-9-12;;;;/h2*1-6,8-11H;1-5,7-11H;1-8H;9-13H,1-8H3;3*5-11,13H,1-4H3;;;;/q4*-1;4*-2;4*+3. The van der Waals surface area contributed by atoms with Gasteiger partial charge in [0.2, 0.25) is 0 Å². The smallest absolute Gasteiger partial charge is 0.672 e. The Morgan fingerprint density at radius 1 is 0.271 bits per heavy atom. The fourth-order valence-corrected chi connectivity index (χ4v) is 19.6. The normalized spacial score (nSPS) is 11.2. The maximum Gasteiger partial charge on any atom is 3.00 e. The van der Waals surface area contributed by atoms with Gasteiger partial charge in [-0.3, -0.25) is 0 Å². The van der Waals surface area contributed by atoms with Crippen LogP contribution >= 0.6 is 56.7 Å².